The first-order chi connectivity index (χ1) is 11.3. The molecule has 0 spiro atoms. The summed E-state index contributed by atoms with van der Waals surface area (Å²) in [7, 11) is 0. The maximum atomic E-state index is 12.5. The molecule has 1 aliphatic heterocycles. The van der Waals surface area contributed by atoms with Gasteiger partial charge in [0.25, 0.3) is 0 Å². The monoisotopic (exact) mass is 306 g/mol. The summed E-state index contributed by atoms with van der Waals surface area (Å²) in [4.78, 5) is 14.4. The number of amides is 2. The van der Waals surface area contributed by atoms with E-state index in [2.05, 4.69) is 53.8 Å². The number of rotatable bonds is 3. The molecule has 23 heavy (non-hydrogen) atoms. The number of urea groups is 1. The van der Waals surface area contributed by atoms with Gasteiger partial charge >= 0.3 is 6.03 Å². The summed E-state index contributed by atoms with van der Waals surface area (Å²) in [5, 5.41) is 3.20. The maximum Gasteiger partial charge on any atom is 0.317 e. The van der Waals surface area contributed by atoms with Crippen LogP contribution in [-0.4, -0.2) is 30.1 Å². The maximum absolute atomic E-state index is 12.5. The minimum atomic E-state index is 0.104. The highest BCUT2D eigenvalue weighted by Crippen LogP contribution is 2.40. The number of hydrogen-bond donors (Lipinski definition) is 1. The second-order valence-corrected chi connectivity index (χ2v) is 6.65. The zero-order valence-corrected chi connectivity index (χ0v) is 13.2. The van der Waals surface area contributed by atoms with Crippen LogP contribution in [0.4, 0.5) is 4.79 Å². The van der Waals surface area contributed by atoms with Crippen LogP contribution in [0.15, 0.2) is 60.7 Å². The Labute approximate surface area is 137 Å². The summed E-state index contributed by atoms with van der Waals surface area (Å²) >= 11 is 0. The molecular formula is C20H22N2O. The molecule has 2 aromatic carbocycles. The zero-order chi connectivity index (χ0) is 15.6. The average molecular weight is 306 g/mol. The van der Waals surface area contributed by atoms with E-state index in [1.807, 2.05) is 17.0 Å². The molecule has 0 bridgehead atoms. The molecule has 1 N–H and O–H groups in total. The molecule has 4 rings (SSSR count). The van der Waals surface area contributed by atoms with Crippen molar-refractivity contribution < 1.29 is 4.79 Å². The van der Waals surface area contributed by atoms with Gasteiger partial charge in [-0.25, -0.2) is 4.79 Å². The predicted octanol–water partition coefficient (Wildman–Crippen LogP) is 3.74. The third-order valence-corrected chi connectivity index (χ3v) is 5.07. The lowest BCUT2D eigenvalue weighted by Crippen LogP contribution is -2.39. The van der Waals surface area contributed by atoms with Gasteiger partial charge in [-0.15, -0.1) is 0 Å². The normalized spacial score (nSPS) is 26.1. The van der Waals surface area contributed by atoms with Crippen molar-refractivity contribution in [2.24, 2.45) is 0 Å². The number of nitrogens with zero attached hydrogens (tertiary/aromatic N) is 1. The Bertz CT molecular complexity index is 671. The third kappa shape index (κ3) is 3.09. The van der Waals surface area contributed by atoms with Gasteiger partial charge in [-0.1, -0.05) is 60.7 Å². The van der Waals surface area contributed by atoms with Crippen LogP contribution < -0.4 is 5.32 Å². The van der Waals surface area contributed by atoms with E-state index in [0.717, 1.165) is 25.9 Å². The van der Waals surface area contributed by atoms with Gasteiger partial charge in [-0.3, -0.25) is 0 Å². The predicted molar refractivity (Wildman–Crippen MR) is 91.5 cm³/mol. The molecule has 3 nitrogen and oxygen atoms in total. The smallest absolute Gasteiger partial charge is 0.317 e. The zero-order valence-electron chi connectivity index (χ0n) is 13.2. The number of carbonyl (C=O) groups is 1. The molecule has 3 atom stereocenters. The van der Waals surface area contributed by atoms with Crippen molar-refractivity contribution in [1.29, 1.82) is 0 Å². The van der Waals surface area contributed by atoms with Crippen LogP contribution in [0.3, 0.4) is 0 Å². The van der Waals surface area contributed by atoms with Gasteiger partial charge in [0, 0.05) is 31.0 Å². The van der Waals surface area contributed by atoms with Gasteiger partial charge in [0.05, 0.1) is 0 Å². The van der Waals surface area contributed by atoms with Crippen molar-refractivity contribution in [2.45, 2.75) is 30.7 Å². The van der Waals surface area contributed by atoms with E-state index in [-0.39, 0.29) is 6.03 Å². The van der Waals surface area contributed by atoms with E-state index < -0.39 is 0 Å². The second-order valence-electron chi connectivity index (χ2n) is 6.65. The molecule has 1 saturated heterocycles. The largest absolute Gasteiger partial charge is 0.335 e. The van der Waals surface area contributed by atoms with Gasteiger partial charge in [0.1, 0.15) is 0 Å². The van der Waals surface area contributed by atoms with Gasteiger partial charge < -0.3 is 10.2 Å². The lowest BCUT2D eigenvalue weighted by atomic mass is 9.99. The second kappa shape index (κ2) is 6.07. The molecule has 2 aliphatic rings. The molecule has 1 aliphatic carbocycles. The van der Waals surface area contributed by atoms with E-state index >= 15 is 0 Å². The standard InChI is InChI=1S/C20H22N2O/c23-20(21-19-13-18(19)16-9-5-2-6-10-16)22-12-11-17(14-22)15-7-3-1-4-8-15/h1-10,17-19H,11-14H2,(H,21,23)/t17-,18+,19+/m0/s1. The Morgan fingerprint density at radius 1 is 0.957 bits per heavy atom. The number of nitrogens with one attached hydrogen (secondary N) is 1. The Balaban J connectivity index is 1.31. The summed E-state index contributed by atoms with van der Waals surface area (Å²) < 4.78 is 0. The van der Waals surface area contributed by atoms with Crippen LogP contribution in [0.2, 0.25) is 0 Å². The number of hydrogen-bond acceptors (Lipinski definition) is 1. The fraction of sp³-hybridized carbons (Fsp3) is 0.350. The molecular weight excluding hydrogens is 284 g/mol. The lowest BCUT2D eigenvalue weighted by molar-refractivity contribution is 0.207. The Morgan fingerprint density at radius 2 is 1.61 bits per heavy atom. The summed E-state index contributed by atoms with van der Waals surface area (Å²) in [6, 6.07) is 21.4. The van der Waals surface area contributed by atoms with Crippen molar-refractivity contribution >= 4 is 6.03 Å². The van der Waals surface area contributed by atoms with Gasteiger partial charge in [0.15, 0.2) is 0 Å². The van der Waals surface area contributed by atoms with Crippen LogP contribution >= 0.6 is 0 Å². The lowest BCUT2D eigenvalue weighted by Gasteiger charge is -2.17. The van der Waals surface area contributed by atoms with Crippen LogP contribution in [0.5, 0.6) is 0 Å². The highest BCUT2D eigenvalue weighted by Gasteiger charge is 2.40. The van der Waals surface area contributed by atoms with Crippen LogP contribution in [0, 0.1) is 0 Å². The molecule has 118 valence electrons. The van der Waals surface area contributed by atoms with Gasteiger partial charge in [0.2, 0.25) is 0 Å². The SMILES string of the molecule is O=C(N[C@@H]1C[C@@H]1c1ccccc1)N1CC[C@H](c2ccccc2)C1. The third-order valence-electron chi connectivity index (χ3n) is 5.07. The molecule has 2 fully saturated rings. The highest BCUT2D eigenvalue weighted by molar-refractivity contribution is 5.75. The molecule has 2 amide bonds. The fourth-order valence-electron chi connectivity index (χ4n) is 3.62. The quantitative estimate of drug-likeness (QED) is 0.920. The molecule has 0 unspecified atom stereocenters. The molecule has 1 saturated carbocycles. The van der Waals surface area contributed by atoms with E-state index in [1.54, 1.807) is 0 Å². The highest BCUT2D eigenvalue weighted by atomic mass is 16.2. The van der Waals surface area contributed by atoms with E-state index in [4.69, 9.17) is 0 Å². The van der Waals surface area contributed by atoms with Crippen LogP contribution in [0.1, 0.15) is 35.8 Å². The van der Waals surface area contributed by atoms with E-state index in [9.17, 15) is 4.79 Å². The van der Waals surface area contributed by atoms with Gasteiger partial charge in [-0.05, 0) is 24.0 Å². The summed E-state index contributed by atoms with van der Waals surface area (Å²) in [6.07, 6.45) is 2.12. The van der Waals surface area contributed by atoms with E-state index in [1.165, 1.54) is 11.1 Å². The minimum absolute atomic E-state index is 0.104. The summed E-state index contributed by atoms with van der Waals surface area (Å²) in [5.41, 5.74) is 2.68. The fourth-order valence-corrected chi connectivity index (χ4v) is 3.62. The molecule has 2 aromatic rings. The first-order valence-corrected chi connectivity index (χ1v) is 8.46. The molecule has 3 heteroatoms. The van der Waals surface area contributed by atoms with E-state index in [0.29, 0.717) is 17.9 Å². The minimum Gasteiger partial charge on any atom is -0.335 e. The van der Waals surface area contributed by atoms with Crippen LogP contribution in [-0.2, 0) is 0 Å². The summed E-state index contributed by atoms with van der Waals surface area (Å²) in [6.45, 7) is 1.69. The molecule has 1 heterocycles. The van der Waals surface area contributed by atoms with Crippen molar-refractivity contribution in [3.8, 4) is 0 Å². The topological polar surface area (TPSA) is 32.3 Å². The molecule has 0 aromatic heterocycles. The van der Waals surface area contributed by atoms with Crippen molar-refractivity contribution in [3.05, 3.63) is 71.8 Å². The van der Waals surface area contributed by atoms with Crippen molar-refractivity contribution in [1.82, 2.24) is 10.2 Å². The van der Waals surface area contributed by atoms with Crippen molar-refractivity contribution in [2.75, 3.05) is 13.1 Å². The first kappa shape index (κ1) is 14.3. The Kier molecular flexibility index (Phi) is 3.78. The number of benzene rings is 2. The Hall–Kier alpha value is -2.29. The number of carbonyl (C=O) groups excluding carboxylic acids is 1. The first-order valence-electron chi connectivity index (χ1n) is 8.46. The van der Waals surface area contributed by atoms with Crippen molar-refractivity contribution in [3.63, 3.8) is 0 Å². The van der Waals surface area contributed by atoms with Gasteiger partial charge in [-0.2, -0.15) is 0 Å². The average Bonchev–Trinajstić information content (AvgIpc) is 3.19. The molecule has 0 radical (unpaired) electrons. The summed E-state index contributed by atoms with van der Waals surface area (Å²) in [5.74, 6) is 0.971. The Morgan fingerprint density at radius 3 is 2.30 bits per heavy atom. The van der Waals surface area contributed by atoms with Crippen LogP contribution in [0.25, 0.3) is 0 Å². The number of likely N-dealkylation sites (tertiary alicyclic amines) is 1.